The molecule has 0 bridgehead atoms. The topological polar surface area (TPSA) is 21.7 Å². The maximum absolute atomic E-state index is 5.37. The van der Waals surface area contributed by atoms with Gasteiger partial charge in [-0.05, 0) is 29.7 Å². The fourth-order valence-corrected chi connectivity index (χ4v) is 2.58. The van der Waals surface area contributed by atoms with Crippen molar-refractivity contribution >= 4 is 0 Å². The number of ether oxygens (including phenoxy) is 2. The molecule has 2 aromatic rings. The van der Waals surface area contributed by atoms with Crippen molar-refractivity contribution in [3.8, 4) is 11.5 Å². The third-order valence-electron chi connectivity index (χ3n) is 3.80. The predicted molar refractivity (Wildman–Crippen MR) is 95.2 cm³/mol. The number of hydrogen-bond acceptors (Lipinski definition) is 3. The van der Waals surface area contributed by atoms with Gasteiger partial charge in [0.15, 0.2) is 11.5 Å². The SMILES string of the molecule is C=CCN(CCc1ccc(OC)c(OC)c1)Cc1ccccc1. The average Bonchev–Trinajstić information content (AvgIpc) is 2.60. The summed E-state index contributed by atoms with van der Waals surface area (Å²) in [6, 6.07) is 16.6. The smallest absolute Gasteiger partial charge is 0.160 e. The minimum atomic E-state index is 0.767. The molecule has 0 atom stereocenters. The summed E-state index contributed by atoms with van der Waals surface area (Å²) in [4.78, 5) is 2.39. The zero-order chi connectivity index (χ0) is 16.5. The van der Waals surface area contributed by atoms with Gasteiger partial charge in [0.25, 0.3) is 0 Å². The Morgan fingerprint density at radius 2 is 1.70 bits per heavy atom. The summed E-state index contributed by atoms with van der Waals surface area (Å²) >= 11 is 0. The van der Waals surface area contributed by atoms with E-state index in [1.807, 2.05) is 24.3 Å². The molecule has 2 rings (SSSR count). The summed E-state index contributed by atoms with van der Waals surface area (Å²) in [5, 5.41) is 0. The Morgan fingerprint density at radius 3 is 2.35 bits per heavy atom. The van der Waals surface area contributed by atoms with Crippen LogP contribution in [0.4, 0.5) is 0 Å². The summed E-state index contributed by atoms with van der Waals surface area (Å²) in [6.07, 6.45) is 2.92. The van der Waals surface area contributed by atoms with E-state index in [1.165, 1.54) is 11.1 Å². The first-order valence-corrected chi connectivity index (χ1v) is 7.85. The van der Waals surface area contributed by atoms with Gasteiger partial charge < -0.3 is 9.47 Å². The Kier molecular flexibility index (Phi) is 6.70. The van der Waals surface area contributed by atoms with E-state index in [1.54, 1.807) is 14.2 Å². The molecule has 0 aliphatic carbocycles. The van der Waals surface area contributed by atoms with Gasteiger partial charge in [0, 0.05) is 19.6 Å². The molecule has 23 heavy (non-hydrogen) atoms. The third-order valence-corrected chi connectivity index (χ3v) is 3.80. The van der Waals surface area contributed by atoms with Crippen molar-refractivity contribution in [3.05, 3.63) is 72.3 Å². The Hall–Kier alpha value is -2.26. The molecule has 0 aliphatic heterocycles. The van der Waals surface area contributed by atoms with Crippen molar-refractivity contribution in [2.45, 2.75) is 13.0 Å². The lowest BCUT2D eigenvalue weighted by Gasteiger charge is -2.21. The van der Waals surface area contributed by atoms with Crippen LogP contribution >= 0.6 is 0 Å². The van der Waals surface area contributed by atoms with Crippen LogP contribution < -0.4 is 9.47 Å². The lowest BCUT2D eigenvalue weighted by atomic mass is 10.1. The molecule has 0 unspecified atom stereocenters. The molecule has 2 aromatic carbocycles. The quantitative estimate of drug-likeness (QED) is 0.655. The largest absolute Gasteiger partial charge is 0.493 e. The highest BCUT2D eigenvalue weighted by Crippen LogP contribution is 2.27. The Labute approximate surface area is 139 Å². The summed E-state index contributed by atoms with van der Waals surface area (Å²) in [5.41, 5.74) is 2.56. The van der Waals surface area contributed by atoms with Gasteiger partial charge in [-0.15, -0.1) is 6.58 Å². The molecule has 0 aromatic heterocycles. The highest BCUT2D eigenvalue weighted by molar-refractivity contribution is 5.42. The van der Waals surface area contributed by atoms with Crippen LogP contribution in [0.5, 0.6) is 11.5 Å². The number of benzene rings is 2. The maximum Gasteiger partial charge on any atom is 0.160 e. The van der Waals surface area contributed by atoms with Crippen molar-refractivity contribution in [2.75, 3.05) is 27.3 Å². The lowest BCUT2D eigenvalue weighted by Crippen LogP contribution is -2.25. The van der Waals surface area contributed by atoms with Crippen LogP contribution in [0.2, 0.25) is 0 Å². The normalized spacial score (nSPS) is 10.6. The first-order valence-electron chi connectivity index (χ1n) is 7.85. The second-order valence-electron chi connectivity index (χ2n) is 5.45. The van der Waals surface area contributed by atoms with Gasteiger partial charge in [-0.3, -0.25) is 4.90 Å². The van der Waals surface area contributed by atoms with Gasteiger partial charge in [-0.2, -0.15) is 0 Å². The van der Waals surface area contributed by atoms with Crippen molar-refractivity contribution in [3.63, 3.8) is 0 Å². The monoisotopic (exact) mass is 311 g/mol. The Morgan fingerprint density at radius 1 is 0.957 bits per heavy atom. The van der Waals surface area contributed by atoms with E-state index in [2.05, 4.69) is 41.8 Å². The van der Waals surface area contributed by atoms with Crippen molar-refractivity contribution in [1.82, 2.24) is 4.90 Å². The van der Waals surface area contributed by atoms with E-state index in [-0.39, 0.29) is 0 Å². The minimum absolute atomic E-state index is 0.767. The first-order chi connectivity index (χ1) is 11.3. The third kappa shape index (κ3) is 5.15. The van der Waals surface area contributed by atoms with E-state index < -0.39 is 0 Å². The minimum Gasteiger partial charge on any atom is -0.493 e. The van der Waals surface area contributed by atoms with Crippen LogP contribution in [-0.2, 0) is 13.0 Å². The standard InChI is InChI=1S/C20H25NO2/c1-4-13-21(16-18-8-6-5-7-9-18)14-12-17-10-11-19(22-2)20(15-17)23-3/h4-11,15H,1,12-14,16H2,2-3H3. The molecule has 0 spiro atoms. The van der Waals surface area contributed by atoms with Crippen LogP contribution in [0.15, 0.2) is 61.2 Å². The summed E-state index contributed by atoms with van der Waals surface area (Å²) in [5.74, 6) is 1.55. The van der Waals surface area contributed by atoms with E-state index in [0.717, 1.165) is 37.6 Å². The second kappa shape index (κ2) is 9.01. The molecule has 0 radical (unpaired) electrons. The van der Waals surface area contributed by atoms with Gasteiger partial charge in [-0.25, -0.2) is 0 Å². The second-order valence-corrected chi connectivity index (χ2v) is 5.45. The molecule has 122 valence electrons. The number of methoxy groups -OCH3 is 2. The number of nitrogens with zero attached hydrogens (tertiary/aromatic N) is 1. The van der Waals surface area contributed by atoms with Crippen LogP contribution in [0.1, 0.15) is 11.1 Å². The zero-order valence-corrected chi connectivity index (χ0v) is 14.0. The van der Waals surface area contributed by atoms with E-state index >= 15 is 0 Å². The van der Waals surface area contributed by atoms with E-state index in [4.69, 9.17) is 9.47 Å². The summed E-state index contributed by atoms with van der Waals surface area (Å²) in [7, 11) is 3.32. The lowest BCUT2D eigenvalue weighted by molar-refractivity contribution is 0.298. The van der Waals surface area contributed by atoms with E-state index in [9.17, 15) is 0 Å². The molecule has 0 fully saturated rings. The van der Waals surface area contributed by atoms with Gasteiger partial charge in [-0.1, -0.05) is 42.5 Å². The van der Waals surface area contributed by atoms with Crippen LogP contribution in [0.25, 0.3) is 0 Å². The molecule has 3 heteroatoms. The molecule has 0 saturated heterocycles. The predicted octanol–water partition coefficient (Wildman–Crippen LogP) is 3.93. The average molecular weight is 311 g/mol. The first kappa shape index (κ1) is 17.1. The highest BCUT2D eigenvalue weighted by Gasteiger charge is 2.08. The molecule has 0 saturated carbocycles. The molecule has 3 nitrogen and oxygen atoms in total. The fraction of sp³-hybridized carbons (Fsp3) is 0.300. The van der Waals surface area contributed by atoms with Crippen molar-refractivity contribution in [1.29, 1.82) is 0 Å². The van der Waals surface area contributed by atoms with Crippen molar-refractivity contribution < 1.29 is 9.47 Å². The molecule has 0 aliphatic rings. The van der Waals surface area contributed by atoms with Crippen LogP contribution in [0, 0.1) is 0 Å². The zero-order valence-electron chi connectivity index (χ0n) is 14.0. The molecule has 0 N–H and O–H groups in total. The van der Waals surface area contributed by atoms with Gasteiger partial charge in [0.2, 0.25) is 0 Å². The number of hydrogen-bond donors (Lipinski definition) is 0. The van der Waals surface area contributed by atoms with Gasteiger partial charge in [0.1, 0.15) is 0 Å². The van der Waals surface area contributed by atoms with Crippen LogP contribution in [0.3, 0.4) is 0 Å². The Bertz CT molecular complexity index is 610. The highest BCUT2D eigenvalue weighted by atomic mass is 16.5. The van der Waals surface area contributed by atoms with Crippen LogP contribution in [-0.4, -0.2) is 32.2 Å². The van der Waals surface area contributed by atoms with Gasteiger partial charge >= 0.3 is 0 Å². The summed E-state index contributed by atoms with van der Waals surface area (Å²) < 4.78 is 10.7. The molecular weight excluding hydrogens is 286 g/mol. The molecule has 0 heterocycles. The Balaban J connectivity index is 1.99. The summed E-state index contributed by atoms with van der Waals surface area (Å²) in [6.45, 7) is 6.65. The fourth-order valence-electron chi connectivity index (χ4n) is 2.58. The molecule has 0 amide bonds. The number of rotatable bonds is 9. The molecular formula is C20H25NO2. The van der Waals surface area contributed by atoms with Gasteiger partial charge in [0.05, 0.1) is 14.2 Å². The van der Waals surface area contributed by atoms with E-state index in [0.29, 0.717) is 0 Å². The van der Waals surface area contributed by atoms with Crippen molar-refractivity contribution in [2.24, 2.45) is 0 Å². The maximum atomic E-state index is 5.37.